The molecule has 1 aliphatic rings. The molecule has 0 aliphatic carbocycles. The van der Waals surface area contributed by atoms with Gasteiger partial charge >= 0.3 is 0 Å². The molecule has 0 atom stereocenters. The van der Waals surface area contributed by atoms with Gasteiger partial charge in [0, 0.05) is 34.3 Å². The number of carbonyl (C=O) groups is 2. The molecule has 1 aromatic heterocycles. The van der Waals surface area contributed by atoms with Crippen LogP contribution in [0, 0.1) is 0 Å². The number of anilines is 2. The van der Waals surface area contributed by atoms with E-state index < -0.39 is 11.8 Å². The lowest BCUT2D eigenvalue weighted by Crippen LogP contribution is -2.41. The number of halogens is 2. The van der Waals surface area contributed by atoms with Crippen LogP contribution in [-0.2, 0) is 6.42 Å². The van der Waals surface area contributed by atoms with Crippen LogP contribution in [0.3, 0.4) is 0 Å². The van der Waals surface area contributed by atoms with Crippen LogP contribution in [0.2, 0.25) is 10.0 Å². The molecule has 0 unspecified atom stereocenters. The molecule has 0 spiro atoms. The van der Waals surface area contributed by atoms with E-state index in [0.717, 1.165) is 41.1 Å². The average molecular weight is 507 g/mol. The van der Waals surface area contributed by atoms with Crippen molar-refractivity contribution in [2.24, 2.45) is 0 Å². The Morgan fingerprint density at radius 1 is 0.943 bits per heavy atom. The van der Waals surface area contributed by atoms with Crippen molar-refractivity contribution < 1.29 is 14.3 Å². The van der Waals surface area contributed by atoms with Crippen LogP contribution < -0.4 is 20.5 Å². The number of hydrogen-bond acceptors (Lipinski definition) is 5. The van der Waals surface area contributed by atoms with E-state index in [0.29, 0.717) is 10.6 Å². The van der Waals surface area contributed by atoms with E-state index in [9.17, 15) is 9.59 Å². The summed E-state index contributed by atoms with van der Waals surface area (Å²) in [6.45, 7) is 0.791. The lowest BCUT2D eigenvalue weighted by atomic mass is 10.1. The van der Waals surface area contributed by atoms with Crippen LogP contribution >= 0.6 is 23.2 Å². The summed E-state index contributed by atoms with van der Waals surface area (Å²) in [6, 6.07) is 19.6. The quantitative estimate of drug-likeness (QED) is 0.366. The first-order valence-electron chi connectivity index (χ1n) is 10.8. The van der Waals surface area contributed by atoms with Crippen LogP contribution in [0.1, 0.15) is 26.3 Å². The van der Waals surface area contributed by atoms with Gasteiger partial charge in [-0.1, -0.05) is 23.2 Å². The average Bonchev–Trinajstić information content (AvgIpc) is 3.28. The molecular weight excluding hydrogens is 487 g/mol. The van der Waals surface area contributed by atoms with Gasteiger partial charge in [0.05, 0.1) is 23.2 Å². The molecule has 0 fully saturated rings. The van der Waals surface area contributed by atoms with Crippen molar-refractivity contribution in [1.82, 2.24) is 15.8 Å². The van der Waals surface area contributed by atoms with Crippen molar-refractivity contribution >= 4 is 57.4 Å². The monoisotopic (exact) mass is 506 g/mol. The highest BCUT2D eigenvalue weighted by Crippen LogP contribution is 2.35. The minimum absolute atomic E-state index is 0.194. The summed E-state index contributed by atoms with van der Waals surface area (Å²) in [7, 11) is 1.64. The molecule has 2 N–H and O–H groups in total. The van der Waals surface area contributed by atoms with Gasteiger partial charge in [-0.3, -0.25) is 20.4 Å². The number of hydrogen-bond donors (Lipinski definition) is 2. The number of fused-ring (bicyclic) bond motifs is 2. The van der Waals surface area contributed by atoms with Gasteiger partial charge in [0.15, 0.2) is 0 Å². The molecule has 7 nitrogen and oxygen atoms in total. The molecular formula is C26H20Cl2N4O3. The fraction of sp³-hybridized carbons (Fsp3) is 0.115. The number of nitrogens with one attached hydrogen (secondary N) is 2. The Kier molecular flexibility index (Phi) is 6.19. The number of ether oxygens (including phenoxy) is 1. The zero-order chi connectivity index (χ0) is 24.5. The third kappa shape index (κ3) is 4.60. The lowest BCUT2D eigenvalue weighted by molar-refractivity contribution is 0.0847. The van der Waals surface area contributed by atoms with Gasteiger partial charge < -0.3 is 9.64 Å². The summed E-state index contributed by atoms with van der Waals surface area (Å²) < 4.78 is 5.33. The molecule has 0 saturated heterocycles. The molecule has 0 saturated carbocycles. The van der Waals surface area contributed by atoms with Crippen LogP contribution in [0.25, 0.3) is 10.9 Å². The first-order valence-corrected chi connectivity index (χ1v) is 11.6. The molecule has 176 valence electrons. The van der Waals surface area contributed by atoms with Crippen LogP contribution in [-0.4, -0.2) is 30.5 Å². The molecule has 5 rings (SSSR count). The third-order valence-corrected chi connectivity index (χ3v) is 6.40. The highest BCUT2D eigenvalue weighted by molar-refractivity contribution is 6.36. The Balaban J connectivity index is 1.29. The van der Waals surface area contributed by atoms with Crippen LogP contribution in [0.15, 0.2) is 66.7 Å². The third-order valence-electron chi connectivity index (χ3n) is 5.85. The number of amides is 2. The molecule has 35 heavy (non-hydrogen) atoms. The van der Waals surface area contributed by atoms with Crippen molar-refractivity contribution in [2.75, 3.05) is 18.6 Å². The van der Waals surface area contributed by atoms with Crippen LogP contribution in [0.4, 0.5) is 11.5 Å². The fourth-order valence-corrected chi connectivity index (χ4v) is 4.53. The molecule has 4 aromatic rings. The summed E-state index contributed by atoms with van der Waals surface area (Å²) in [6.07, 6.45) is 0.881. The second-order valence-electron chi connectivity index (χ2n) is 8.01. The summed E-state index contributed by atoms with van der Waals surface area (Å²) in [5.74, 6) is 0.665. The van der Waals surface area contributed by atoms with Gasteiger partial charge in [-0.2, -0.15) is 0 Å². The highest BCUT2D eigenvalue weighted by atomic mass is 35.5. The number of rotatable bonds is 4. The second-order valence-corrected chi connectivity index (χ2v) is 8.85. The van der Waals surface area contributed by atoms with E-state index in [1.165, 1.54) is 17.7 Å². The zero-order valence-corrected chi connectivity index (χ0v) is 20.2. The standard InChI is InChI=1S/C26H20Cl2N4O3/c1-35-20-8-4-16-12-17-10-11-32(24(17)29-23(16)14-20)19-6-2-15(3-7-19)25(33)30-31-26(34)21-9-5-18(27)13-22(21)28/h2-9,12-14H,10-11H2,1H3,(H,30,33)(H,31,34). The Labute approximate surface area is 211 Å². The first kappa shape index (κ1) is 23.0. The van der Waals surface area contributed by atoms with Gasteiger partial charge in [-0.25, -0.2) is 4.98 Å². The minimum atomic E-state index is -0.541. The lowest BCUT2D eigenvalue weighted by Gasteiger charge is -2.19. The number of pyridine rings is 1. The Morgan fingerprint density at radius 2 is 1.71 bits per heavy atom. The number of nitrogens with zero attached hydrogens (tertiary/aromatic N) is 2. The summed E-state index contributed by atoms with van der Waals surface area (Å²) in [4.78, 5) is 31.9. The van der Waals surface area contributed by atoms with E-state index in [4.69, 9.17) is 32.9 Å². The summed E-state index contributed by atoms with van der Waals surface area (Å²) in [5.41, 5.74) is 8.34. The van der Waals surface area contributed by atoms with E-state index in [-0.39, 0.29) is 10.6 Å². The summed E-state index contributed by atoms with van der Waals surface area (Å²) >= 11 is 11.9. The molecule has 3 aromatic carbocycles. The SMILES string of the molecule is COc1ccc2cc3c(nc2c1)N(c1ccc(C(=O)NNC(=O)c2ccc(Cl)cc2Cl)cc1)CC3. The molecule has 2 heterocycles. The molecule has 2 amide bonds. The number of methoxy groups -OCH3 is 1. The highest BCUT2D eigenvalue weighted by Gasteiger charge is 2.23. The molecule has 0 radical (unpaired) electrons. The molecule has 0 bridgehead atoms. The van der Waals surface area contributed by atoms with Crippen LogP contribution in [0.5, 0.6) is 5.75 Å². The maximum Gasteiger partial charge on any atom is 0.271 e. The summed E-state index contributed by atoms with van der Waals surface area (Å²) in [5, 5.41) is 1.68. The Hall–Kier alpha value is -3.81. The number of benzene rings is 3. The van der Waals surface area contributed by atoms with Gasteiger partial charge in [0.1, 0.15) is 11.6 Å². The van der Waals surface area contributed by atoms with Crippen molar-refractivity contribution in [1.29, 1.82) is 0 Å². The molecule has 9 heteroatoms. The smallest absolute Gasteiger partial charge is 0.271 e. The van der Waals surface area contributed by atoms with Gasteiger partial charge in [0.25, 0.3) is 11.8 Å². The van der Waals surface area contributed by atoms with Gasteiger partial charge in [-0.15, -0.1) is 0 Å². The maximum atomic E-state index is 12.5. The topological polar surface area (TPSA) is 83.6 Å². The zero-order valence-electron chi connectivity index (χ0n) is 18.6. The first-order chi connectivity index (χ1) is 16.9. The van der Waals surface area contributed by atoms with E-state index in [1.807, 2.05) is 30.3 Å². The van der Waals surface area contributed by atoms with E-state index in [1.54, 1.807) is 25.3 Å². The Bertz CT molecular complexity index is 1460. The predicted molar refractivity (Wildman–Crippen MR) is 137 cm³/mol. The Morgan fingerprint density at radius 3 is 2.46 bits per heavy atom. The minimum Gasteiger partial charge on any atom is -0.497 e. The largest absolute Gasteiger partial charge is 0.497 e. The van der Waals surface area contributed by atoms with Crippen molar-refractivity contribution in [3.05, 3.63) is 93.5 Å². The van der Waals surface area contributed by atoms with Crippen molar-refractivity contribution in [3.63, 3.8) is 0 Å². The van der Waals surface area contributed by atoms with Gasteiger partial charge in [0.2, 0.25) is 0 Å². The predicted octanol–water partition coefficient (Wildman–Crippen LogP) is 5.32. The molecule has 1 aliphatic heterocycles. The maximum absolute atomic E-state index is 12.5. The number of aromatic nitrogens is 1. The second kappa shape index (κ2) is 9.44. The van der Waals surface area contributed by atoms with E-state index in [2.05, 4.69) is 21.8 Å². The van der Waals surface area contributed by atoms with Crippen molar-refractivity contribution in [2.45, 2.75) is 6.42 Å². The number of hydrazine groups is 1. The van der Waals surface area contributed by atoms with Gasteiger partial charge in [-0.05, 0) is 72.6 Å². The fourth-order valence-electron chi connectivity index (χ4n) is 4.03. The number of carbonyl (C=O) groups excluding carboxylic acids is 2. The van der Waals surface area contributed by atoms with E-state index >= 15 is 0 Å². The van der Waals surface area contributed by atoms with Crippen molar-refractivity contribution in [3.8, 4) is 5.75 Å². The normalized spacial score (nSPS) is 12.4.